The van der Waals surface area contributed by atoms with Crippen LogP contribution < -0.4 is 15.4 Å². The lowest BCUT2D eigenvalue weighted by atomic mass is 10.2. The zero-order chi connectivity index (χ0) is 15.8. The van der Waals surface area contributed by atoms with Crippen LogP contribution in [0.2, 0.25) is 0 Å². The first-order valence-corrected chi connectivity index (χ1v) is 7.11. The number of hydrogen-bond acceptors (Lipinski definition) is 3. The van der Waals surface area contributed by atoms with Gasteiger partial charge >= 0.3 is 0 Å². The summed E-state index contributed by atoms with van der Waals surface area (Å²) in [6.45, 7) is 6.28. The minimum atomic E-state index is -0.0856. The van der Waals surface area contributed by atoms with Crippen LogP contribution in [-0.2, 0) is 4.79 Å². The molecule has 0 aliphatic carbocycles. The first-order chi connectivity index (χ1) is 10.7. The van der Waals surface area contributed by atoms with Crippen molar-refractivity contribution in [2.24, 2.45) is 0 Å². The van der Waals surface area contributed by atoms with Gasteiger partial charge in [0.15, 0.2) is 0 Å². The van der Waals surface area contributed by atoms with E-state index in [2.05, 4.69) is 17.2 Å². The van der Waals surface area contributed by atoms with Crippen LogP contribution in [0.4, 0.5) is 11.4 Å². The lowest BCUT2D eigenvalue weighted by molar-refractivity contribution is -0.114. The van der Waals surface area contributed by atoms with E-state index >= 15 is 0 Å². The Balaban J connectivity index is 1.82. The minimum Gasteiger partial charge on any atom is -0.490 e. The smallest absolute Gasteiger partial charge is 0.243 e. The number of nitrogens with one attached hydrogen (secondary N) is 2. The minimum absolute atomic E-state index is 0.0856. The third kappa shape index (κ3) is 4.98. The van der Waals surface area contributed by atoms with Crippen molar-refractivity contribution in [3.8, 4) is 5.75 Å². The fourth-order valence-electron chi connectivity index (χ4n) is 1.93. The summed E-state index contributed by atoms with van der Waals surface area (Å²) in [4.78, 5) is 11.9. The van der Waals surface area contributed by atoms with E-state index in [0.29, 0.717) is 6.61 Å². The van der Waals surface area contributed by atoms with Crippen LogP contribution in [0.3, 0.4) is 0 Å². The Kier molecular flexibility index (Phi) is 5.60. The molecule has 0 heterocycles. The summed E-state index contributed by atoms with van der Waals surface area (Å²) in [5.41, 5.74) is 2.78. The second-order valence-corrected chi connectivity index (χ2v) is 4.90. The summed E-state index contributed by atoms with van der Waals surface area (Å²) in [5.74, 6) is 0.687. The number of anilines is 2. The Labute approximate surface area is 130 Å². The van der Waals surface area contributed by atoms with Gasteiger partial charge in [-0.2, -0.15) is 0 Å². The molecule has 4 heteroatoms. The predicted octanol–water partition coefficient (Wildman–Crippen LogP) is 3.61. The molecule has 2 aromatic carbocycles. The topological polar surface area (TPSA) is 50.4 Å². The SMILES string of the molecule is C=CCOc1ccc(NCC(=O)Nc2cccc(C)c2)cc1. The van der Waals surface area contributed by atoms with Crippen molar-refractivity contribution >= 4 is 17.3 Å². The molecule has 1 amide bonds. The van der Waals surface area contributed by atoms with Crippen molar-refractivity contribution in [1.82, 2.24) is 0 Å². The molecule has 4 nitrogen and oxygen atoms in total. The average Bonchev–Trinajstić information content (AvgIpc) is 2.52. The summed E-state index contributed by atoms with van der Waals surface area (Å²) in [7, 11) is 0. The standard InChI is InChI=1S/C18H20N2O2/c1-3-11-22-17-9-7-15(8-10-17)19-13-18(21)20-16-6-4-5-14(2)12-16/h3-10,12,19H,1,11,13H2,2H3,(H,20,21). The highest BCUT2D eigenvalue weighted by atomic mass is 16.5. The predicted molar refractivity (Wildman–Crippen MR) is 90.4 cm³/mol. The van der Waals surface area contributed by atoms with Gasteiger partial charge in [0.2, 0.25) is 5.91 Å². The van der Waals surface area contributed by atoms with Crippen LogP contribution in [0, 0.1) is 6.92 Å². The molecule has 0 unspecified atom stereocenters. The van der Waals surface area contributed by atoms with Gasteiger partial charge in [-0.15, -0.1) is 0 Å². The summed E-state index contributed by atoms with van der Waals surface area (Å²) in [6, 6.07) is 15.2. The van der Waals surface area contributed by atoms with E-state index in [0.717, 1.165) is 22.7 Å². The molecule has 114 valence electrons. The molecular weight excluding hydrogens is 276 g/mol. The highest BCUT2D eigenvalue weighted by Gasteiger charge is 2.02. The van der Waals surface area contributed by atoms with Gasteiger partial charge in [0.1, 0.15) is 12.4 Å². The van der Waals surface area contributed by atoms with E-state index < -0.39 is 0 Å². The third-order valence-corrected chi connectivity index (χ3v) is 2.98. The zero-order valence-electron chi connectivity index (χ0n) is 12.6. The van der Waals surface area contributed by atoms with Gasteiger partial charge in [0.05, 0.1) is 6.54 Å². The Morgan fingerprint density at radius 1 is 1.18 bits per heavy atom. The molecule has 0 radical (unpaired) electrons. The lowest BCUT2D eigenvalue weighted by Crippen LogP contribution is -2.21. The number of carbonyl (C=O) groups is 1. The van der Waals surface area contributed by atoms with Gasteiger partial charge in [0, 0.05) is 11.4 Å². The lowest BCUT2D eigenvalue weighted by Gasteiger charge is -2.09. The highest BCUT2D eigenvalue weighted by molar-refractivity contribution is 5.93. The fourth-order valence-corrected chi connectivity index (χ4v) is 1.93. The number of amides is 1. The Bertz CT molecular complexity index is 636. The molecule has 22 heavy (non-hydrogen) atoms. The van der Waals surface area contributed by atoms with Crippen LogP contribution in [0.25, 0.3) is 0 Å². The van der Waals surface area contributed by atoms with Crippen LogP contribution in [0.15, 0.2) is 61.2 Å². The van der Waals surface area contributed by atoms with E-state index in [1.54, 1.807) is 6.08 Å². The quantitative estimate of drug-likeness (QED) is 0.767. The van der Waals surface area contributed by atoms with Crippen LogP contribution in [0.5, 0.6) is 5.75 Å². The fraction of sp³-hybridized carbons (Fsp3) is 0.167. The van der Waals surface area contributed by atoms with E-state index in [1.165, 1.54) is 0 Å². The summed E-state index contributed by atoms with van der Waals surface area (Å²) in [5, 5.41) is 5.93. The summed E-state index contributed by atoms with van der Waals surface area (Å²) >= 11 is 0. The molecule has 0 fully saturated rings. The van der Waals surface area contributed by atoms with Crippen LogP contribution in [-0.4, -0.2) is 19.1 Å². The zero-order valence-corrected chi connectivity index (χ0v) is 12.6. The third-order valence-electron chi connectivity index (χ3n) is 2.98. The maximum atomic E-state index is 11.9. The monoisotopic (exact) mass is 296 g/mol. The van der Waals surface area contributed by atoms with Crippen molar-refractivity contribution < 1.29 is 9.53 Å². The molecule has 0 spiro atoms. The molecule has 2 N–H and O–H groups in total. The van der Waals surface area contributed by atoms with Crippen LogP contribution >= 0.6 is 0 Å². The van der Waals surface area contributed by atoms with Crippen molar-refractivity contribution in [2.75, 3.05) is 23.8 Å². The number of carbonyl (C=O) groups excluding carboxylic acids is 1. The molecule has 0 saturated carbocycles. The maximum Gasteiger partial charge on any atom is 0.243 e. The molecule has 0 bridgehead atoms. The largest absolute Gasteiger partial charge is 0.490 e. The van der Waals surface area contributed by atoms with E-state index in [9.17, 15) is 4.79 Å². The molecule has 2 rings (SSSR count). The Morgan fingerprint density at radius 3 is 2.64 bits per heavy atom. The summed E-state index contributed by atoms with van der Waals surface area (Å²) in [6.07, 6.45) is 1.70. The first kappa shape index (κ1) is 15.6. The van der Waals surface area contributed by atoms with Crippen molar-refractivity contribution in [1.29, 1.82) is 0 Å². The summed E-state index contributed by atoms with van der Waals surface area (Å²) < 4.78 is 5.40. The second kappa shape index (κ2) is 7.88. The van der Waals surface area contributed by atoms with Gasteiger partial charge in [-0.05, 0) is 48.9 Å². The van der Waals surface area contributed by atoms with E-state index in [-0.39, 0.29) is 12.5 Å². The van der Waals surface area contributed by atoms with Gasteiger partial charge in [-0.1, -0.05) is 24.8 Å². The number of ether oxygens (including phenoxy) is 1. The number of rotatable bonds is 7. The van der Waals surface area contributed by atoms with Crippen LogP contribution in [0.1, 0.15) is 5.56 Å². The van der Waals surface area contributed by atoms with Crippen molar-refractivity contribution in [3.05, 3.63) is 66.7 Å². The highest BCUT2D eigenvalue weighted by Crippen LogP contribution is 2.15. The van der Waals surface area contributed by atoms with Gasteiger partial charge < -0.3 is 15.4 Å². The molecule has 0 atom stereocenters. The Hall–Kier alpha value is -2.75. The molecule has 0 aliphatic heterocycles. The average molecular weight is 296 g/mol. The molecule has 0 aliphatic rings. The first-order valence-electron chi connectivity index (χ1n) is 7.11. The molecule has 0 aromatic heterocycles. The molecule has 2 aromatic rings. The second-order valence-electron chi connectivity index (χ2n) is 4.90. The van der Waals surface area contributed by atoms with Crippen molar-refractivity contribution in [2.45, 2.75) is 6.92 Å². The van der Waals surface area contributed by atoms with Gasteiger partial charge in [-0.3, -0.25) is 4.79 Å². The molecule has 0 saturated heterocycles. The van der Waals surface area contributed by atoms with Crippen molar-refractivity contribution in [3.63, 3.8) is 0 Å². The normalized spacial score (nSPS) is 9.86. The number of aryl methyl sites for hydroxylation is 1. The van der Waals surface area contributed by atoms with Gasteiger partial charge in [0.25, 0.3) is 0 Å². The van der Waals surface area contributed by atoms with E-state index in [1.807, 2.05) is 55.5 Å². The Morgan fingerprint density at radius 2 is 1.95 bits per heavy atom. The van der Waals surface area contributed by atoms with Gasteiger partial charge in [-0.25, -0.2) is 0 Å². The maximum absolute atomic E-state index is 11.9. The molecular formula is C18H20N2O2. The number of hydrogen-bond donors (Lipinski definition) is 2. The van der Waals surface area contributed by atoms with E-state index in [4.69, 9.17) is 4.74 Å². The number of benzene rings is 2.